The largest absolute Gasteiger partial charge is 0.395 e. The van der Waals surface area contributed by atoms with E-state index in [0.717, 1.165) is 51.3 Å². The monoisotopic (exact) mass is 414 g/mol. The number of nitrogen functional groups attached to an aromatic ring is 1. The number of rotatable bonds is 6. The van der Waals surface area contributed by atoms with E-state index in [-0.39, 0.29) is 19.1 Å². The maximum atomic E-state index is 12.1. The number of hydrogen-bond donors (Lipinski definition) is 3. The molecule has 2 aromatic heterocycles. The van der Waals surface area contributed by atoms with Crippen LogP contribution in [0.25, 0.3) is 21.8 Å². The first-order valence-electron chi connectivity index (χ1n) is 10.4. The number of aryl methyl sites for hydroxylation is 4. The SMILES string of the molecule is Cc1ccc2c(c1)nc(N)c1ncc(CCc3ccc(C(=O)NCCO)cc3C)cc12. The van der Waals surface area contributed by atoms with Crippen molar-refractivity contribution in [2.24, 2.45) is 0 Å². The summed E-state index contributed by atoms with van der Waals surface area (Å²) in [5, 5.41) is 13.6. The van der Waals surface area contributed by atoms with E-state index >= 15 is 0 Å². The zero-order valence-corrected chi connectivity index (χ0v) is 17.8. The predicted molar refractivity (Wildman–Crippen MR) is 124 cm³/mol. The molecule has 4 aromatic rings. The molecule has 0 saturated carbocycles. The number of benzene rings is 2. The molecule has 0 fully saturated rings. The van der Waals surface area contributed by atoms with Crippen LogP contribution in [0.1, 0.15) is 32.6 Å². The number of carbonyl (C=O) groups excluding carboxylic acids is 1. The molecule has 2 heterocycles. The second kappa shape index (κ2) is 8.70. The molecule has 4 N–H and O–H groups in total. The lowest BCUT2D eigenvalue weighted by molar-refractivity contribution is 0.0944. The summed E-state index contributed by atoms with van der Waals surface area (Å²) in [6.45, 7) is 4.24. The number of hydrogen-bond acceptors (Lipinski definition) is 5. The molecule has 0 saturated heterocycles. The number of anilines is 1. The van der Waals surface area contributed by atoms with E-state index in [1.807, 2.05) is 44.3 Å². The normalized spacial score (nSPS) is 11.2. The van der Waals surface area contributed by atoms with Crippen molar-refractivity contribution in [1.29, 1.82) is 0 Å². The number of pyridine rings is 2. The van der Waals surface area contributed by atoms with Crippen LogP contribution >= 0.6 is 0 Å². The zero-order valence-electron chi connectivity index (χ0n) is 17.8. The fourth-order valence-corrected chi connectivity index (χ4v) is 3.87. The molecule has 31 heavy (non-hydrogen) atoms. The summed E-state index contributed by atoms with van der Waals surface area (Å²) in [4.78, 5) is 21.2. The first-order valence-corrected chi connectivity index (χ1v) is 10.4. The highest BCUT2D eigenvalue weighted by Gasteiger charge is 2.11. The number of carbonyl (C=O) groups is 1. The second-order valence-corrected chi connectivity index (χ2v) is 7.88. The van der Waals surface area contributed by atoms with Crippen LogP contribution in [-0.4, -0.2) is 34.1 Å². The van der Waals surface area contributed by atoms with Crippen molar-refractivity contribution < 1.29 is 9.90 Å². The number of nitrogens with two attached hydrogens (primary N) is 1. The van der Waals surface area contributed by atoms with Crippen LogP contribution in [0.15, 0.2) is 48.7 Å². The summed E-state index contributed by atoms with van der Waals surface area (Å²) in [5.41, 5.74) is 12.9. The lowest BCUT2D eigenvalue weighted by Crippen LogP contribution is -2.26. The molecule has 6 nitrogen and oxygen atoms in total. The first kappa shape index (κ1) is 20.8. The van der Waals surface area contributed by atoms with Gasteiger partial charge < -0.3 is 16.2 Å². The molecule has 0 aliphatic rings. The molecule has 4 rings (SSSR count). The standard InChI is InChI=1S/C25H26N4O2/c1-15-3-8-20-21-13-17(14-28-23(21)24(26)29-22(20)11-15)4-5-18-6-7-19(12-16(18)2)25(31)27-9-10-30/h3,6-8,11-14,30H,4-5,9-10H2,1-2H3,(H2,26,29)(H,27,31). The molecule has 0 radical (unpaired) electrons. The number of amides is 1. The number of nitrogens with one attached hydrogen (secondary N) is 1. The van der Waals surface area contributed by atoms with Gasteiger partial charge in [-0.25, -0.2) is 4.98 Å². The number of aromatic nitrogens is 2. The fourth-order valence-electron chi connectivity index (χ4n) is 3.87. The minimum atomic E-state index is -0.171. The van der Waals surface area contributed by atoms with E-state index in [1.54, 1.807) is 0 Å². The quantitative estimate of drug-likeness (QED) is 0.419. The van der Waals surface area contributed by atoms with Crippen molar-refractivity contribution in [2.75, 3.05) is 18.9 Å². The zero-order chi connectivity index (χ0) is 22.0. The van der Waals surface area contributed by atoms with E-state index < -0.39 is 0 Å². The molecule has 1 amide bonds. The van der Waals surface area contributed by atoms with Gasteiger partial charge >= 0.3 is 0 Å². The van der Waals surface area contributed by atoms with E-state index in [9.17, 15) is 4.79 Å². The van der Waals surface area contributed by atoms with Crippen LogP contribution in [0, 0.1) is 13.8 Å². The van der Waals surface area contributed by atoms with Gasteiger partial charge in [-0.2, -0.15) is 0 Å². The van der Waals surface area contributed by atoms with Crippen LogP contribution in [-0.2, 0) is 12.8 Å². The van der Waals surface area contributed by atoms with Crippen molar-refractivity contribution in [3.63, 3.8) is 0 Å². The minimum Gasteiger partial charge on any atom is -0.395 e. The van der Waals surface area contributed by atoms with E-state index in [0.29, 0.717) is 11.4 Å². The van der Waals surface area contributed by atoms with Gasteiger partial charge in [0.25, 0.3) is 5.91 Å². The van der Waals surface area contributed by atoms with Crippen molar-refractivity contribution >= 4 is 33.5 Å². The third kappa shape index (κ3) is 4.34. The van der Waals surface area contributed by atoms with Gasteiger partial charge in [0.05, 0.1) is 12.1 Å². The van der Waals surface area contributed by atoms with E-state index in [1.165, 1.54) is 5.56 Å². The van der Waals surface area contributed by atoms with Crippen LogP contribution < -0.4 is 11.1 Å². The number of aliphatic hydroxyl groups excluding tert-OH is 1. The molecule has 158 valence electrons. The summed E-state index contributed by atoms with van der Waals surface area (Å²) in [6.07, 6.45) is 3.54. The van der Waals surface area contributed by atoms with Crippen molar-refractivity contribution in [2.45, 2.75) is 26.7 Å². The lowest BCUT2D eigenvalue weighted by Gasteiger charge is -2.11. The fraction of sp³-hybridized carbons (Fsp3) is 0.240. The third-order valence-corrected chi connectivity index (χ3v) is 5.56. The van der Waals surface area contributed by atoms with Crippen LogP contribution in [0.2, 0.25) is 0 Å². The Balaban J connectivity index is 1.58. The second-order valence-electron chi connectivity index (χ2n) is 7.88. The molecule has 0 atom stereocenters. The van der Waals surface area contributed by atoms with Crippen molar-refractivity contribution in [3.8, 4) is 0 Å². The Kier molecular flexibility index (Phi) is 5.82. The summed E-state index contributed by atoms with van der Waals surface area (Å²) < 4.78 is 0. The Labute approximate surface area is 181 Å². The average Bonchev–Trinajstić information content (AvgIpc) is 2.76. The first-order chi connectivity index (χ1) is 15.0. The van der Waals surface area contributed by atoms with Gasteiger partial charge in [-0.15, -0.1) is 0 Å². The Morgan fingerprint density at radius 3 is 2.68 bits per heavy atom. The maximum Gasteiger partial charge on any atom is 0.251 e. The van der Waals surface area contributed by atoms with Crippen LogP contribution in [0.5, 0.6) is 0 Å². The predicted octanol–water partition coefficient (Wildman–Crippen LogP) is 3.49. The Morgan fingerprint density at radius 1 is 1.06 bits per heavy atom. The van der Waals surface area contributed by atoms with Crippen LogP contribution in [0.3, 0.4) is 0 Å². The highest BCUT2D eigenvalue weighted by Crippen LogP contribution is 2.28. The summed E-state index contributed by atoms with van der Waals surface area (Å²) >= 11 is 0. The number of nitrogens with zero attached hydrogens (tertiary/aromatic N) is 2. The van der Waals surface area contributed by atoms with Gasteiger partial charge in [0, 0.05) is 29.1 Å². The molecular weight excluding hydrogens is 388 g/mol. The van der Waals surface area contributed by atoms with Gasteiger partial charge in [0.1, 0.15) is 5.52 Å². The topological polar surface area (TPSA) is 101 Å². The van der Waals surface area contributed by atoms with Gasteiger partial charge in [-0.3, -0.25) is 9.78 Å². The summed E-state index contributed by atoms with van der Waals surface area (Å²) in [5.74, 6) is 0.279. The summed E-state index contributed by atoms with van der Waals surface area (Å²) in [7, 11) is 0. The van der Waals surface area contributed by atoms with E-state index in [4.69, 9.17) is 10.8 Å². The average molecular weight is 415 g/mol. The van der Waals surface area contributed by atoms with Gasteiger partial charge in [0.15, 0.2) is 5.82 Å². The molecule has 0 aliphatic carbocycles. The van der Waals surface area contributed by atoms with Crippen LogP contribution in [0.4, 0.5) is 5.82 Å². The van der Waals surface area contributed by atoms with E-state index in [2.05, 4.69) is 33.5 Å². The molecular formula is C25H26N4O2. The van der Waals surface area contributed by atoms with Crippen molar-refractivity contribution in [3.05, 3.63) is 76.5 Å². The Hall–Kier alpha value is -3.51. The number of aliphatic hydroxyl groups is 1. The molecule has 0 aliphatic heterocycles. The molecule has 2 aromatic carbocycles. The smallest absolute Gasteiger partial charge is 0.251 e. The maximum absolute atomic E-state index is 12.1. The molecule has 0 spiro atoms. The Bertz CT molecular complexity index is 1280. The summed E-state index contributed by atoms with van der Waals surface area (Å²) in [6, 6.07) is 14.1. The third-order valence-electron chi connectivity index (χ3n) is 5.56. The van der Waals surface area contributed by atoms with Gasteiger partial charge in [0.2, 0.25) is 0 Å². The number of fused-ring (bicyclic) bond motifs is 3. The molecule has 0 unspecified atom stereocenters. The lowest BCUT2D eigenvalue weighted by atomic mass is 9.98. The Morgan fingerprint density at radius 2 is 1.90 bits per heavy atom. The van der Waals surface area contributed by atoms with Gasteiger partial charge in [-0.1, -0.05) is 18.2 Å². The molecule has 6 heteroatoms. The van der Waals surface area contributed by atoms with Gasteiger partial charge in [-0.05, 0) is 73.2 Å². The highest BCUT2D eigenvalue weighted by atomic mass is 16.3. The molecule has 0 bridgehead atoms. The highest BCUT2D eigenvalue weighted by molar-refractivity contribution is 6.08. The minimum absolute atomic E-state index is 0.0702. The van der Waals surface area contributed by atoms with Crippen molar-refractivity contribution in [1.82, 2.24) is 15.3 Å².